The van der Waals surface area contributed by atoms with Crippen LogP contribution in [-0.2, 0) is 4.79 Å². The summed E-state index contributed by atoms with van der Waals surface area (Å²) in [6.07, 6.45) is 1.58. The minimum atomic E-state index is -0.772. The Morgan fingerprint density at radius 1 is 0.946 bits per heavy atom. The van der Waals surface area contributed by atoms with E-state index in [9.17, 15) is 9.59 Å². The Bertz CT molecular complexity index is 1210. The van der Waals surface area contributed by atoms with E-state index in [-0.39, 0.29) is 5.75 Å². The number of halogens is 1. The highest BCUT2D eigenvalue weighted by Gasteiger charge is 2.15. The quantitative estimate of drug-likeness (QED) is 0.142. The van der Waals surface area contributed by atoms with Crippen LogP contribution in [0.3, 0.4) is 0 Å². The molecule has 3 aromatic carbocycles. The fourth-order valence-electron chi connectivity index (χ4n) is 3.06. The van der Waals surface area contributed by atoms with Crippen molar-refractivity contribution in [3.05, 3.63) is 82.9 Å². The zero-order chi connectivity index (χ0) is 26.6. The molecule has 0 radical (unpaired) electrons. The first-order valence-corrected chi connectivity index (χ1v) is 12.2. The van der Waals surface area contributed by atoms with Gasteiger partial charge in [-0.3, -0.25) is 4.79 Å². The van der Waals surface area contributed by atoms with Crippen LogP contribution < -0.4 is 24.4 Å². The number of amides is 1. The third-order valence-corrected chi connectivity index (χ3v) is 5.17. The van der Waals surface area contributed by atoms with Crippen molar-refractivity contribution in [1.82, 2.24) is 5.43 Å². The van der Waals surface area contributed by atoms with E-state index in [2.05, 4.69) is 10.5 Å². The predicted molar refractivity (Wildman–Crippen MR) is 142 cm³/mol. The maximum atomic E-state index is 12.6. The second-order valence-electron chi connectivity index (χ2n) is 7.85. The first-order valence-electron chi connectivity index (χ1n) is 11.9. The van der Waals surface area contributed by atoms with Crippen LogP contribution in [0, 0.1) is 0 Å². The molecule has 37 heavy (non-hydrogen) atoms. The van der Waals surface area contributed by atoms with E-state index in [4.69, 9.17) is 30.5 Å². The lowest BCUT2D eigenvalue weighted by atomic mass is 10.2. The molecule has 0 aliphatic carbocycles. The molecule has 1 amide bonds. The fraction of sp³-hybridized carbons (Fsp3) is 0.250. The first-order chi connectivity index (χ1) is 17.9. The van der Waals surface area contributed by atoms with Crippen molar-refractivity contribution in [3.8, 4) is 23.0 Å². The summed E-state index contributed by atoms with van der Waals surface area (Å²) in [7, 11) is 0. The van der Waals surface area contributed by atoms with E-state index in [1.807, 2.05) is 13.8 Å². The molecule has 0 aliphatic heterocycles. The maximum absolute atomic E-state index is 12.6. The molecule has 0 bridgehead atoms. The fourth-order valence-corrected chi connectivity index (χ4v) is 3.18. The molecule has 8 nitrogen and oxygen atoms in total. The smallest absolute Gasteiger partial charge is 0.343 e. The Kier molecular flexibility index (Phi) is 10.3. The summed E-state index contributed by atoms with van der Waals surface area (Å²) < 4.78 is 22.3. The van der Waals surface area contributed by atoms with Crippen molar-refractivity contribution in [3.63, 3.8) is 0 Å². The van der Waals surface area contributed by atoms with Crippen LogP contribution in [0.15, 0.2) is 71.8 Å². The number of hydrogen-bond donors (Lipinski definition) is 1. The molecule has 0 fully saturated rings. The number of carbonyl (C=O) groups excluding carboxylic acids is 2. The predicted octanol–water partition coefficient (Wildman–Crippen LogP) is 5.66. The lowest BCUT2D eigenvalue weighted by molar-refractivity contribution is -0.127. The highest BCUT2D eigenvalue weighted by atomic mass is 35.5. The van der Waals surface area contributed by atoms with E-state index in [0.29, 0.717) is 46.6 Å². The van der Waals surface area contributed by atoms with Crippen molar-refractivity contribution in [2.24, 2.45) is 5.10 Å². The van der Waals surface area contributed by atoms with E-state index in [0.717, 1.165) is 6.42 Å². The summed E-state index contributed by atoms with van der Waals surface area (Å²) >= 11 is 5.86. The van der Waals surface area contributed by atoms with Gasteiger partial charge in [0.1, 0.15) is 11.5 Å². The molecule has 0 heterocycles. The van der Waals surface area contributed by atoms with E-state index in [1.54, 1.807) is 73.7 Å². The summed E-state index contributed by atoms with van der Waals surface area (Å²) in [5.41, 5.74) is 3.46. The second-order valence-corrected chi connectivity index (χ2v) is 8.29. The molecule has 0 saturated heterocycles. The molecular weight excluding hydrogens is 496 g/mol. The van der Waals surface area contributed by atoms with Gasteiger partial charge in [-0.05, 0) is 92.6 Å². The largest absolute Gasteiger partial charge is 0.494 e. The highest BCUT2D eigenvalue weighted by Crippen LogP contribution is 2.29. The monoisotopic (exact) mass is 524 g/mol. The van der Waals surface area contributed by atoms with Gasteiger partial charge in [-0.15, -0.1) is 0 Å². The Balaban J connectivity index is 1.60. The topological polar surface area (TPSA) is 95.5 Å². The molecule has 0 saturated carbocycles. The number of esters is 1. The Morgan fingerprint density at radius 2 is 1.65 bits per heavy atom. The maximum Gasteiger partial charge on any atom is 0.343 e. The summed E-state index contributed by atoms with van der Waals surface area (Å²) in [5.74, 6) is 0.899. The van der Waals surface area contributed by atoms with Gasteiger partial charge in [-0.2, -0.15) is 5.10 Å². The minimum absolute atomic E-state index is 0.268. The van der Waals surface area contributed by atoms with Gasteiger partial charge < -0.3 is 18.9 Å². The van der Waals surface area contributed by atoms with Crippen LogP contribution in [-0.4, -0.2) is 37.4 Å². The van der Waals surface area contributed by atoms with E-state index < -0.39 is 18.0 Å². The molecule has 1 atom stereocenters. The molecular formula is C28H29ClN2O6. The third-order valence-electron chi connectivity index (χ3n) is 4.92. The van der Waals surface area contributed by atoms with Gasteiger partial charge in [0.05, 0.1) is 25.0 Å². The second kappa shape index (κ2) is 13.9. The van der Waals surface area contributed by atoms with E-state index in [1.165, 1.54) is 6.21 Å². The van der Waals surface area contributed by atoms with Crippen LogP contribution in [0.1, 0.15) is 43.1 Å². The molecule has 9 heteroatoms. The Hall–Kier alpha value is -4.04. The molecule has 1 N–H and O–H groups in total. The Morgan fingerprint density at radius 3 is 2.32 bits per heavy atom. The number of carbonyl (C=O) groups is 2. The average Bonchev–Trinajstić information content (AvgIpc) is 2.90. The average molecular weight is 525 g/mol. The molecule has 0 aromatic heterocycles. The summed E-state index contributed by atoms with van der Waals surface area (Å²) in [6, 6.07) is 18.4. The number of ether oxygens (including phenoxy) is 4. The van der Waals surface area contributed by atoms with Crippen molar-refractivity contribution in [2.45, 2.75) is 33.3 Å². The molecule has 194 valence electrons. The molecule has 0 unspecified atom stereocenters. The first kappa shape index (κ1) is 27.5. The van der Waals surface area contributed by atoms with Gasteiger partial charge in [0.15, 0.2) is 17.6 Å². The standard InChI is InChI=1S/C28H29ClN2O6/c1-4-16-35-23-11-7-21(8-12-23)28(33)37-25-15-6-20(17-26(25)34-5-2)18-30-31-27(32)19(3)36-24-13-9-22(29)10-14-24/h6-15,17-19H,4-5,16H2,1-3H3,(H,31,32)/b30-18-/t19-/m1/s1. The lowest BCUT2D eigenvalue weighted by Gasteiger charge is -2.13. The Labute approximate surface area is 221 Å². The van der Waals surface area contributed by atoms with Crippen LogP contribution >= 0.6 is 11.6 Å². The zero-order valence-electron chi connectivity index (χ0n) is 20.9. The van der Waals surface area contributed by atoms with Gasteiger partial charge in [-0.1, -0.05) is 18.5 Å². The number of nitrogens with one attached hydrogen (secondary N) is 1. The van der Waals surface area contributed by atoms with E-state index >= 15 is 0 Å². The van der Waals surface area contributed by atoms with Gasteiger partial charge in [-0.25, -0.2) is 10.2 Å². The lowest BCUT2D eigenvalue weighted by Crippen LogP contribution is -2.33. The van der Waals surface area contributed by atoms with Gasteiger partial charge in [0.2, 0.25) is 0 Å². The van der Waals surface area contributed by atoms with Crippen LogP contribution in [0.5, 0.6) is 23.0 Å². The number of benzene rings is 3. The zero-order valence-corrected chi connectivity index (χ0v) is 21.7. The molecule has 3 rings (SSSR count). The number of hydrogen-bond acceptors (Lipinski definition) is 7. The normalized spacial score (nSPS) is 11.6. The van der Waals surface area contributed by atoms with Crippen molar-refractivity contribution in [1.29, 1.82) is 0 Å². The van der Waals surface area contributed by atoms with Gasteiger partial charge >= 0.3 is 5.97 Å². The molecule has 3 aromatic rings. The summed E-state index contributed by atoms with van der Waals surface area (Å²) in [4.78, 5) is 24.9. The number of nitrogens with zero attached hydrogens (tertiary/aromatic N) is 1. The molecule has 0 aliphatic rings. The minimum Gasteiger partial charge on any atom is -0.494 e. The van der Waals surface area contributed by atoms with Crippen molar-refractivity contribution < 1.29 is 28.5 Å². The number of rotatable bonds is 12. The summed E-state index contributed by atoms with van der Waals surface area (Å²) in [5, 5.41) is 4.56. The SMILES string of the molecule is CCCOc1ccc(C(=O)Oc2ccc(/C=N\NC(=O)[C@@H](C)Oc3ccc(Cl)cc3)cc2OCC)cc1. The van der Waals surface area contributed by atoms with Gasteiger partial charge in [0, 0.05) is 5.02 Å². The number of hydrazone groups is 1. The summed E-state index contributed by atoms with van der Waals surface area (Å²) in [6.45, 7) is 6.43. The van der Waals surface area contributed by atoms with Gasteiger partial charge in [0.25, 0.3) is 5.91 Å². The van der Waals surface area contributed by atoms with Crippen molar-refractivity contribution in [2.75, 3.05) is 13.2 Å². The van der Waals surface area contributed by atoms with Crippen LogP contribution in [0.25, 0.3) is 0 Å². The van der Waals surface area contributed by atoms with Crippen molar-refractivity contribution >= 4 is 29.7 Å². The van der Waals surface area contributed by atoms with Crippen LogP contribution in [0.2, 0.25) is 5.02 Å². The van der Waals surface area contributed by atoms with Crippen LogP contribution in [0.4, 0.5) is 0 Å². The molecule has 0 spiro atoms. The third kappa shape index (κ3) is 8.54. The highest BCUT2D eigenvalue weighted by molar-refractivity contribution is 6.30.